The Morgan fingerprint density at radius 2 is 1.58 bits per heavy atom. The Morgan fingerprint density at radius 1 is 0.842 bits per heavy atom. The van der Waals surface area contributed by atoms with E-state index in [1.54, 1.807) is 12.1 Å². The lowest BCUT2D eigenvalue weighted by atomic mass is 9.92. The highest BCUT2D eigenvalue weighted by Gasteiger charge is 2.46. The molecule has 4 fully saturated rings. The van der Waals surface area contributed by atoms with Crippen molar-refractivity contribution in [2.24, 2.45) is 10.9 Å². The lowest BCUT2D eigenvalue weighted by Crippen LogP contribution is -2.70. The van der Waals surface area contributed by atoms with Gasteiger partial charge in [-0.1, -0.05) is 18.2 Å². The van der Waals surface area contributed by atoms with Crippen molar-refractivity contribution in [3.8, 4) is 11.5 Å². The van der Waals surface area contributed by atoms with Crippen LogP contribution < -0.4 is 20.7 Å². The number of likely N-dealkylation sites (tertiary alicyclic amines) is 2. The zero-order valence-corrected chi connectivity index (χ0v) is 31.8. The SMILES string of the molecule is Cc1ncnc(N)c1/C(=N\C[C@@H]1CCCN(C2CN(C3CN(c4ccc5c(c4)C(=O)N(C4CCC(=O)NC4=O)C5=O)C3)C2)C1)c1ccc(Oc2ccccc2)cc1. The maximum Gasteiger partial charge on any atom is 0.262 e. The molecule has 1 unspecified atom stereocenters. The van der Waals surface area contributed by atoms with Gasteiger partial charge in [-0.25, -0.2) is 9.97 Å². The highest BCUT2D eigenvalue weighted by Crippen LogP contribution is 2.34. The number of benzene rings is 3. The maximum atomic E-state index is 13.3. The van der Waals surface area contributed by atoms with E-state index in [2.05, 4.69) is 30.0 Å². The summed E-state index contributed by atoms with van der Waals surface area (Å²) in [5.41, 5.74) is 11.2. The number of fused-ring (bicyclic) bond motifs is 1. The van der Waals surface area contributed by atoms with Crippen LogP contribution in [0.4, 0.5) is 11.5 Å². The first-order valence-corrected chi connectivity index (χ1v) is 19.7. The molecule has 1 aromatic heterocycles. The Labute approximate surface area is 330 Å². The second-order valence-electron chi connectivity index (χ2n) is 15.7. The van der Waals surface area contributed by atoms with Crippen LogP contribution in [0.2, 0.25) is 0 Å². The van der Waals surface area contributed by atoms with E-state index in [-0.39, 0.29) is 18.7 Å². The quantitative estimate of drug-likeness (QED) is 0.179. The minimum absolute atomic E-state index is 0.0958. The first-order valence-electron chi connectivity index (χ1n) is 19.7. The first kappa shape index (κ1) is 36.6. The molecule has 3 aromatic carbocycles. The number of ether oxygens (including phenoxy) is 1. The van der Waals surface area contributed by atoms with Gasteiger partial charge in [0, 0.05) is 69.0 Å². The van der Waals surface area contributed by atoms with Gasteiger partial charge in [0.25, 0.3) is 11.8 Å². The Hall–Kier alpha value is -5.99. The highest BCUT2D eigenvalue weighted by atomic mass is 16.5. The van der Waals surface area contributed by atoms with Gasteiger partial charge < -0.3 is 15.4 Å². The molecule has 5 aliphatic heterocycles. The molecule has 14 nitrogen and oxygen atoms in total. The molecule has 6 heterocycles. The number of amides is 4. The third-order valence-corrected chi connectivity index (χ3v) is 12.0. The van der Waals surface area contributed by atoms with Crippen molar-refractivity contribution in [2.75, 3.05) is 56.4 Å². The summed E-state index contributed by atoms with van der Waals surface area (Å²) < 4.78 is 6.04. The first-order chi connectivity index (χ1) is 27.7. The van der Waals surface area contributed by atoms with E-state index in [0.717, 1.165) is 96.7 Å². The number of carbonyl (C=O) groups excluding carboxylic acids is 4. The number of aryl methyl sites for hydroxylation is 1. The molecule has 9 rings (SSSR count). The van der Waals surface area contributed by atoms with E-state index in [9.17, 15) is 19.2 Å². The van der Waals surface area contributed by atoms with E-state index >= 15 is 0 Å². The molecule has 0 bridgehead atoms. The molecule has 5 aliphatic rings. The normalized spacial score (nSPS) is 22.3. The summed E-state index contributed by atoms with van der Waals surface area (Å²) in [6, 6.07) is 22.9. The summed E-state index contributed by atoms with van der Waals surface area (Å²) in [6.45, 7) is 8.42. The number of aromatic nitrogens is 2. The average molecular weight is 768 g/mol. The van der Waals surface area contributed by atoms with Crippen molar-refractivity contribution >= 4 is 40.8 Å². The molecular formula is C43H45N9O5. The van der Waals surface area contributed by atoms with Crippen LogP contribution in [0.3, 0.4) is 0 Å². The van der Waals surface area contributed by atoms with E-state index < -0.39 is 23.8 Å². The van der Waals surface area contributed by atoms with Crippen LogP contribution in [0.1, 0.15) is 63.2 Å². The molecule has 292 valence electrons. The van der Waals surface area contributed by atoms with Crippen molar-refractivity contribution in [3.63, 3.8) is 0 Å². The summed E-state index contributed by atoms with van der Waals surface area (Å²) in [5, 5.41) is 2.25. The van der Waals surface area contributed by atoms with Crippen LogP contribution in [0.25, 0.3) is 0 Å². The number of aliphatic imine (C=N–C) groups is 1. The summed E-state index contributed by atoms with van der Waals surface area (Å²) in [7, 11) is 0. The van der Waals surface area contributed by atoms with E-state index in [4.69, 9.17) is 15.5 Å². The number of nitrogens with one attached hydrogen (secondary N) is 1. The standard InChI is InChI=1S/C43H45N9O5/c1-26-38(40(44)47-25-46-26)39(28-9-12-33(13-10-28)57-32-7-3-2-4-8-32)45-19-27-6-5-17-49(20-27)30-21-51(22-30)31-23-50(24-31)29-11-14-34-35(18-29)43(56)52(42(34)55)36-15-16-37(53)48-41(36)54/h2-4,7-14,18,25,27,30-31,36H,5-6,15-17,19-24H2,1H3,(H2,44,46,47)(H,48,53,54)/b45-39-/t27-,36?/m0/s1. The molecule has 0 saturated carbocycles. The minimum Gasteiger partial charge on any atom is -0.457 e. The maximum absolute atomic E-state index is 13.3. The van der Waals surface area contributed by atoms with Crippen molar-refractivity contribution < 1.29 is 23.9 Å². The molecule has 57 heavy (non-hydrogen) atoms. The summed E-state index contributed by atoms with van der Waals surface area (Å²) in [4.78, 5) is 72.9. The Kier molecular flexibility index (Phi) is 9.75. The number of anilines is 2. The molecule has 14 heteroatoms. The van der Waals surface area contributed by atoms with Gasteiger partial charge in [-0.2, -0.15) is 0 Å². The fourth-order valence-corrected chi connectivity index (χ4v) is 8.77. The number of piperidine rings is 2. The number of rotatable bonds is 10. The topological polar surface area (TPSA) is 167 Å². The van der Waals surface area contributed by atoms with Crippen LogP contribution >= 0.6 is 0 Å². The average Bonchev–Trinajstić information content (AvgIpc) is 3.42. The molecule has 0 spiro atoms. The Morgan fingerprint density at radius 3 is 2.33 bits per heavy atom. The fourth-order valence-electron chi connectivity index (χ4n) is 8.77. The predicted molar refractivity (Wildman–Crippen MR) is 213 cm³/mol. The number of imide groups is 2. The zero-order valence-electron chi connectivity index (χ0n) is 31.8. The van der Waals surface area contributed by atoms with Crippen molar-refractivity contribution in [1.82, 2.24) is 30.0 Å². The third-order valence-electron chi connectivity index (χ3n) is 12.0. The number of hydrogen-bond acceptors (Lipinski definition) is 12. The number of hydrogen-bond donors (Lipinski definition) is 2. The van der Waals surface area contributed by atoms with Gasteiger partial charge in [-0.05, 0) is 93.2 Å². The number of para-hydroxylation sites is 1. The monoisotopic (exact) mass is 767 g/mol. The van der Waals surface area contributed by atoms with Crippen molar-refractivity contribution in [1.29, 1.82) is 0 Å². The molecule has 4 saturated heterocycles. The molecule has 0 radical (unpaired) electrons. The second-order valence-corrected chi connectivity index (χ2v) is 15.7. The van der Waals surface area contributed by atoms with Crippen LogP contribution in [0, 0.1) is 12.8 Å². The van der Waals surface area contributed by atoms with Crippen molar-refractivity contribution in [2.45, 2.75) is 50.7 Å². The second kappa shape index (κ2) is 15.2. The van der Waals surface area contributed by atoms with Crippen LogP contribution in [-0.4, -0.2) is 118 Å². The number of nitrogens with two attached hydrogens (primary N) is 1. The van der Waals surface area contributed by atoms with Crippen LogP contribution in [0.5, 0.6) is 11.5 Å². The van der Waals surface area contributed by atoms with Crippen molar-refractivity contribution in [3.05, 3.63) is 107 Å². The van der Waals surface area contributed by atoms with E-state index in [1.165, 1.54) is 6.33 Å². The lowest BCUT2D eigenvalue weighted by Gasteiger charge is -2.55. The molecule has 3 N–H and O–H groups in total. The van der Waals surface area contributed by atoms with E-state index in [0.29, 0.717) is 41.5 Å². The molecule has 0 aliphatic carbocycles. The molecule has 4 amide bonds. The van der Waals surface area contributed by atoms with Gasteiger partial charge in [0.15, 0.2) is 0 Å². The summed E-state index contributed by atoms with van der Waals surface area (Å²) in [5.74, 6) is 0.385. The minimum atomic E-state index is -0.968. The van der Waals surface area contributed by atoms with Gasteiger partial charge in [0.1, 0.15) is 29.7 Å². The predicted octanol–water partition coefficient (Wildman–Crippen LogP) is 3.68. The number of carbonyl (C=O) groups is 4. The van der Waals surface area contributed by atoms with Crippen LogP contribution in [-0.2, 0) is 9.59 Å². The summed E-state index contributed by atoms with van der Waals surface area (Å²) in [6.07, 6.45) is 3.97. The molecular weight excluding hydrogens is 723 g/mol. The third kappa shape index (κ3) is 7.15. The molecule has 2 atom stereocenters. The Bertz CT molecular complexity index is 2230. The van der Waals surface area contributed by atoms with E-state index in [1.807, 2.05) is 67.6 Å². The lowest BCUT2D eigenvalue weighted by molar-refractivity contribution is -0.136. The summed E-state index contributed by atoms with van der Waals surface area (Å²) >= 11 is 0. The smallest absolute Gasteiger partial charge is 0.262 e. The zero-order chi connectivity index (χ0) is 39.2. The van der Waals surface area contributed by atoms with Gasteiger partial charge in [-0.15, -0.1) is 0 Å². The fraction of sp³-hybridized carbons (Fsp3) is 0.372. The Balaban J connectivity index is 0.800. The number of nitrogens with zero attached hydrogens (tertiary/aromatic N) is 7. The number of nitrogen functional groups attached to an aromatic ring is 1. The van der Waals surface area contributed by atoms with Gasteiger partial charge in [0.2, 0.25) is 11.8 Å². The van der Waals surface area contributed by atoms with Gasteiger partial charge >= 0.3 is 0 Å². The van der Waals surface area contributed by atoms with Gasteiger partial charge in [-0.3, -0.25) is 44.2 Å². The van der Waals surface area contributed by atoms with Gasteiger partial charge in [0.05, 0.1) is 28.1 Å². The van der Waals surface area contributed by atoms with Crippen LogP contribution in [0.15, 0.2) is 84.1 Å². The highest BCUT2D eigenvalue weighted by molar-refractivity contribution is 6.23. The largest absolute Gasteiger partial charge is 0.457 e. The molecule has 4 aromatic rings.